The van der Waals surface area contributed by atoms with Gasteiger partial charge in [-0.2, -0.15) is 4.31 Å². The van der Waals surface area contributed by atoms with Crippen LogP contribution in [0.25, 0.3) is 21.8 Å². The maximum absolute atomic E-state index is 13.2. The molecule has 3 heterocycles. The highest BCUT2D eigenvalue weighted by molar-refractivity contribution is 7.89. The van der Waals surface area contributed by atoms with Gasteiger partial charge in [0.25, 0.3) is 5.56 Å². The maximum Gasteiger partial charge on any atom is 0.340 e. The van der Waals surface area contributed by atoms with Crippen LogP contribution in [0, 0.1) is 0 Å². The van der Waals surface area contributed by atoms with Crippen LogP contribution >= 0.6 is 0 Å². The van der Waals surface area contributed by atoms with Gasteiger partial charge in [-0.05, 0) is 38.1 Å². The monoisotopic (exact) mass is 432 g/mol. The topological polar surface area (TPSA) is 124 Å². The van der Waals surface area contributed by atoms with Crippen LogP contribution in [0.4, 0.5) is 0 Å². The lowest BCUT2D eigenvalue weighted by Crippen LogP contribution is -2.33. The number of aromatic nitrogens is 2. The van der Waals surface area contributed by atoms with Crippen LogP contribution in [0.5, 0.6) is 0 Å². The minimum atomic E-state index is -3.71. The summed E-state index contributed by atoms with van der Waals surface area (Å²) >= 11 is 0. The summed E-state index contributed by atoms with van der Waals surface area (Å²) in [5.41, 5.74) is 0.474. The molecule has 30 heavy (non-hydrogen) atoms. The van der Waals surface area contributed by atoms with E-state index in [9.17, 15) is 18.0 Å². The second kappa shape index (κ2) is 7.86. The van der Waals surface area contributed by atoms with E-state index in [0.717, 1.165) is 6.42 Å². The van der Waals surface area contributed by atoms with Gasteiger partial charge in [0.05, 0.1) is 17.1 Å². The number of ether oxygens (including phenoxy) is 1. The normalized spacial score (nSPS) is 17.7. The number of rotatable bonds is 6. The van der Waals surface area contributed by atoms with Crippen molar-refractivity contribution in [2.24, 2.45) is 0 Å². The van der Waals surface area contributed by atoms with E-state index in [2.05, 4.69) is 15.3 Å². The molecule has 1 aliphatic heterocycles. The number of pyridine rings is 1. The number of carbonyl (C=O) groups is 1. The summed E-state index contributed by atoms with van der Waals surface area (Å²) in [5.74, 6) is -0.556. The van der Waals surface area contributed by atoms with Gasteiger partial charge in [0.1, 0.15) is 5.52 Å². The van der Waals surface area contributed by atoms with E-state index < -0.39 is 16.0 Å². The fraction of sp³-hybridized carbons (Fsp3) is 0.400. The summed E-state index contributed by atoms with van der Waals surface area (Å²) in [6.45, 7) is 2.98. The van der Waals surface area contributed by atoms with Crippen molar-refractivity contribution in [3.63, 3.8) is 0 Å². The van der Waals surface area contributed by atoms with Crippen molar-refractivity contribution in [2.75, 3.05) is 26.7 Å². The molecule has 1 aromatic carbocycles. The summed E-state index contributed by atoms with van der Waals surface area (Å²) in [5, 5.41) is 3.94. The van der Waals surface area contributed by atoms with E-state index in [1.807, 2.05) is 14.0 Å². The quantitative estimate of drug-likeness (QED) is 0.508. The number of fused-ring (bicyclic) bond motifs is 3. The molecule has 0 bridgehead atoms. The highest BCUT2D eigenvalue weighted by Gasteiger charge is 2.32. The third-order valence-electron chi connectivity index (χ3n) is 5.47. The highest BCUT2D eigenvalue weighted by Crippen LogP contribution is 2.29. The fourth-order valence-corrected chi connectivity index (χ4v) is 5.36. The first-order valence-electron chi connectivity index (χ1n) is 9.88. The zero-order chi connectivity index (χ0) is 21.5. The molecule has 3 N–H and O–H groups in total. The van der Waals surface area contributed by atoms with Crippen LogP contribution in [0.2, 0.25) is 0 Å². The van der Waals surface area contributed by atoms with E-state index in [1.54, 1.807) is 6.07 Å². The molecule has 10 heteroatoms. The molecule has 1 fully saturated rings. The Labute approximate surface area is 173 Å². The van der Waals surface area contributed by atoms with Crippen LogP contribution < -0.4 is 10.9 Å². The number of nitrogens with one attached hydrogen (secondary N) is 3. The molecule has 1 atom stereocenters. The smallest absolute Gasteiger partial charge is 0.340 e. The Morgan fingerprint density at radius 3 is 2.87 bits per heavy atom. The van der Waals surface area contributed by atoms with Crippen LogP contribution in [0.1, 0.15) is 30.1 Å². The first kappa shape index (κ1) is 20.6. The molecular weight excluding hydrogens is 408 g/mol. The predicted octanol–water partition coefficient (Wildman–Crippen LogP) is 1.56. The summed E-state index contributed by atoms with van der Waals surface area (Å²) in [4.78, 5) is 30.6. The van der Waals surface area contributed by atoms with Gasteiger partial charge < -0.3 is 20.0 Å². The molecule has 0 radical (unpaired) electrons. The predicted molar refractivity (Wildman–Crippen MR) is 113 cm³/mol. The molecule has 0 saturated carbocycles. The van der Waals surface area contributed by atoms with Crippen molar-refractivity contribution in [1.82, 2.24) is 19.6 Å². The van der Waals surface area contributed by atoms with Crippen molar-refractivity contribution in [2.45, 2.75) is 30.7 Å². The van der Waals surface area contributed by atoms with Crippen molar-refractivity contribution >= 4 is 37.8 Å². The highest BCUT2D eigenvalue weighted by atomic mass is 32.2. The van der Waals surface area contributed by atoms with Crippen LogP contribution in [-0.2, 0) is 14.8 Å². The largest absolute Gasteiger partial charge is 0.462 e. The number of aromatic amines is 2. The van der Waals surface area contributed by atoms with Gasteiger partial charge in [-0.25, -0.2) is 13.2 Å². The lowest BCUT2D eigenvalue weighted by atomic mass is 10.1. The second-order valence-electron chi connectivity index (χ2n) is 7.39. The number of likely N-dealkylation sites (N-methyl/N-ethyl adjacent to an activating group) is 1. The number of benzene rings is 1. The van der Waals surface area contributed by atoms with Crippen molar-refractivity contribution in [1.29, 1.82) is 0 Å². The van der Waals surface area contributed by atoms with Crippen LogP contribution in [-0.4, -0.2) is 61.4 Å². The summed E-state index contributed by atoms with van der Waals surface area (Å²) in [6.07, 6.45) is 2.84. The number of sulfonamides is 1. The average Bonchev–Trinajstić information content (AvgIpc) is 3.40. The molecule has 160 valence electrons. The van der Waals surface area contributed by atoms with Crippen molar-refractivity contribution in [3.8, 4) is 0 Å². The molecular formula is C20H24N4O5S. The summed E-state index contributed by atoms with van der Waals surface area (Å²) < 4.78 is 33.0. The second-order valence-corrected chi connectivity index (χ2v) is 9.33. The number of nitrogens with zero attached hydrogens (tertiary/aromatic N) is 1. The molecule has 1 aliphatic rings. The molecule has 0 spiro atoms. The van der Waals surface area contributed by atoms with Gasteiger partial charge in [-0.15, -0.1) is 0 Å². The SMILES string of the molecule is CCCOC(=O)c1c[nH]c2c(=O)[nH]c3ccc(S(=O)(=O)N4CCC(NC)C4)cc3c12. The molecule has 9 nitrogen and oxygen atoms in total. The Balaban J connectivity index is 1.86. The number of hydrogen-bond donors (Lipinski definition) is 3. The van der Waals surface area contributed by atoms with E-state index in [-0.39, 0.29) is 34.2 Å². The van der Waals surface area contributed by atoms with E-state index >= 15 is 0 Å². The Morgan fingerprint density at radius 2 is 2.17 bits per heavy atom. The van der Waals surface area contributed by atoms with Gasteiger partial charge in [0.2, 0.25) is 10.0 Å². The Bertz CT molecular complexity index is 1280. The minimum absolute atomic E-state index is 0.118. The molecule has 1 saturated heterocycles. The average molecular weight is 433 g/mol. The van der Waals surface area contributed by atoms with Gasteiger partial charge in [0, 0.05) is 41.6 Å². The Hall–Kier alpha value is -2.69. The fourth-order valence-electron chi connectivity index (χ4n) is 3.83. The first-order valence-corrected chi connectivity index (χ1v) is 11.3. The van der Waals surface area contributed by atoms with Gasteiger partial charge in [-0.3, -0.25) is 4.79 Å². The third-order valence-corrected chi connectivity index (χ3v) is 7.33. The zero-order valence-corrected chi connectivity index (χ0v) is 17.6. The number of esters is 1. The minimum Gasteiger partial charge on any atom is -0.462 e. The van der Waals surface area contributed by atoms with E-state index in [0.29, 0.717) is 35.8 Å². The standard InChI is InChI=1S/C20H24N4O5S/c1-3-8-29-20(26)15-10-22-18-17(15)14-9-13(4-5-16(14)23-19(18)25)30(27,28)24-7-6-12(11-24)21-2/h4-5,9-10,12,21-22H,3,6-8,11H2,1-2H3,(H,23,25). The molecule has 0 amide bonds. The molecule has 2 aromatic heterocycles. The molecule has 0 aliphatic carbocycles. The number of H-pyrrole nitrogens is 2. The Kier molecular flexibility index (Phi) is 5.39. The lowest BCUT2D eigenvalue weighted by molar-refractivity contribution is 0.0507. The van der Waals surface area contributed by atoms with Crippen LogP contribution in [0.15, 0.2) is 34.1 Å². The maximum atomic E-state index is 13.2. The molecule has 1 unspecified atom stereocenters. The number of carbonyl (C=O) groups excluding carboxylic acids is 1. The van der Waals surface area contributed by atoms with Crippen LogP contribution in [0.3, 0.4) is 0 Å². The summed E-state index contributed by atoms with van der Waals surface area (Å²) in [7, 11) is -1.89. The van der Waals surface area contributed by atoms with Gasteiger partial charge >= 0.3 is 5.97 Å². The first-order chi connectivity index (χ1) is 14.4. The van der Waals surface area contributed by atoms with E-state index in [1.165, 1.54) is 22.6 Å². The zero-order valence-electron chi connectivity index (χ0n) is 16.8. The van der Waals surface area contributed by atoms with E-state index in [4.69, 9.17) is 4.74 Å². The number of hydrogen-bond acceptors (Lipinski definition) is 6. The molecule has 3 aromatic rings. The van der Waals surface area contributed by atoms with Gasteiger partial charge in [0.15, 0.2) is 0 Å². The molecule has 4 rings (SSSR count). The van der Waals surface area contributed by atoms with Crippen molar-refractivity contribution < 1.29 is 17.9 Å². The third kappa shape index (κ3) is 3.40. The summed E-state index contributed by atoms with van der Waals surface area (Å²) in [6, 6.07) is 4.67. The van der Waals surface area contributed by atoms with Gasteiger partial charge in [-0.1, -0.05) is 6.92 Å². The Morgan fingerprint density at radius 1 is 1.37 bits per heavy atom. The lowest BCUT2D eigenvalue weighted by Gasteiger charge is -2.17. The van der Waals surface area contributed by atoms with Crippen molar-refractivity contribution in [3.05, 3.63) is 40.3 Å².